The molecule has 0 saturated heterocycles. The van der Waals surface area contributed by atoms with Gasteiger partial charge in [-0.25, -0.2) is 0 Å². The van der Waals surface area contributed by atoms with Crippen LogP contribution in [0.2, 0.25) is 0 Å². The van der Waals surface area contributed by atoms with Crippen LogP contribution in [0.5, 0.6) is 0 Å². The molecule has 4 aromatic carbocycles. The number of hydrogen-bond donors (Lipinski definition) is 3. The minimum atomic E-state index is -5.24. The van der Waals surface area contributed by atoms with Crippen LogP contribution in [0.15, 0.2) is 91.2 Å². The highest BCUT2D eigenvalue weighted by Crippen LogP contribution is 2.33. The second-order valence-electron chi connectivity index (χ2n) is 7.81. The van der Waals surface area contributed by atoms with Gasteiger partial charge in [-0.2, -0.15) is 42.1 Å². The van der Waals surface area contributed by atoms with E-state index in [1.807, 2.05) is 0 Å². The molecule has 0 unspecified atom stereocenters. The van der Waals surface area contributed by atoms with Crippen LogP contribution in [0.1, 0.15) is 0 Å². The van der Waals surface area contributed by atoms with Gasteiger partial charge in [-0.05, 0) is 41.8 Å². The number of benzene rings is 4. The Labute approximate surface area is 222 Å². The van der Waals surface area contributed by atoms with Crippen molar-refractivity contribution in [1.82, 2.24) is 0 Å². The van der Waals surface area contributed by atoms with Crippen LogP contribution in [-0.4, -0.2) is 55.7 Å². The summed E-state index contributed by atoms with van der Waals surface area (Å²) < 4.78 is 155. The highest BCUT2D eigenvalue weighted by Gasteiger charge is 2.30. The number of fused-ring (bicyclic) bond motifs is 2. The average Bonchev–Trinajstić information content (AvgIpc) is 2.79. The largest absolute Gasteiger partial charge is 0.312 e. The van der Waals surface area contributed by atoms with Gasteiger partial charge in [-0.15, -0.1) is 3.63 Å². The predicted octanol–water partition coefficient (Wildman–Crippen LogP) is 1.83. The fourth-order valence-electron chi connectivity index (χ4n) is 3.69. The summed E-state index contributed by atoms with van der Waals surface area (Å²) >= 11 is 0. The van der Waals surface area contributed by atoms with Crippen LogP contribution < -0.4 is 0 Å². The zero-order valence-electron chi connectivity index (χ0n) is 18.7. The lowest BCUT2D eigenvalue weighted by molar-refractivity contribution is 0.461. The second-order valence-corrected chi connectivity index (χ2v) is 15.3. The molecule has 0 atom stereocenters. The maximum Gasteiger partial charge on any atom is 0.312 e. The Kier molecular flexibility index (Phi) is 6.90. The van der Waals surface area contributed by atoms with Crippen molar-refractivity contribution >= 4 is 72.1 Å². The van der Waals surface area contributed by atoms with Crippen LogP contribution in [0, 0.1) is 0 Å². The van der Waals surface area contributed by atoms with Crippen LogP contribution in [0.3, 0.4) is 0 Å². The second kappa shape index (κ2) is 9.28. The van der Waals surface area contributed by atoms with Gasteiger partial charge in [0.25, 0.3) is 30.4 Å². The van der Waals surface area contributed by atoms with Crippen molar-refractivity contribution in [1.29, 1.82) is 0 Å². The summed E-state index contributed by atoms with van der Waals surface area (Å²) in [6.07, 6.45) is 0. The first kappa shape index (κ1) is 29.0. The number of rotatable bonds is 7. The van der Waals surface area contributed by atoms with Crippen molar-refractivity contribution < 1.29 is 59.4 Å². The van der Waals surface area contributed by atoms with Gasteiger partial charge in [-0.1, -0.05) is 30.3 Å². The van der Waals surface area contributed by atoms with Crippen LogP contribution in [0.25, 0.3) is 21.5 Å². The quantitative estimate of drug-likeness (QED) is 0.245. The molecule has 19 heteroatoms. The van der Waals surface area contributed by atoms with E-state index in [9.17, 15) is 55.7 Å². The molecule has 0 aromatic heterocycles. The summed E-state index contributed by atoms with van der Waals surface area (Å²) in [6, 6.07) is 9.67. The van der Waals surface area contributed by atoms with Crippen molar-refractivity contribution in [2.75, 3.05) is 0 Å². The Morgan fingerprint density at radius 2 is 0.974 bits per heavy atom. The van der Waals surface area contributed by atoms with Gasteiger partial charge >= 0.3 is 20.2 Å². The summed E-state index contributed by atoms with van der Waals surface area (Å²) in [5.41, 5.74) is 0. The Bertz CT molecular complexity index is 2240. The molecule has 4 rings (SSSR count). The minimum Gasteiger partial charge on any atom is -0.282 e. The summed E-state index contributed by atoms with van der Waals surface area (Å²) in [5.74, 6) is 0. The fraction of sp³-hybridized carbons (Fsp3) is 0. The zero-order chi connectivity index (χ0) is 29.2. The van der Waals surface area contributed by atoms with E-state index < -0.39 is 80.5 Å². The maximum atomic E-state index is 13.0. The van der Waals surface area contributed by atoms with E-state index in [1.165, 1.54) is 0 Å². The van der Waals surface area contributed by atoms with Crippen molar-refractivity contribution in [3.05, 3.63) is 66.7 Å². The molecule has 3 N–H and O–H groups in total. The van der Waals surface area contributed by atoms with Crippen molar-refractivity contribution in [3.63, 3.8) is 0 Å². The monoisotopic (exact) mass is 638 g/mol. The molecule has 0 bridgehead atoms. The van der Waals surface area contributed by atoms with Crippen LogP contribution >= 0.6 is 0 Å². The van der Waals surface area contributed by atoms with E-state index in [-0.39, 0.29) is 16.2 Å². The lowest BCUT2D eigenvalue weighted by atomic mass is 10.1. The van der Waals surface area contributed by atoms with Gasteiger partial charge in [-0.3, -0.25) is 13.7 Å². The third kappa shape index (κ3) is 5.66. The molecular formula is C20H14O14S5. The summed E-state index contributed by atoms with van der Waals surface area (Å²) in [4.78, 5) is -4.34. The molecule has 39 heavy (non-hydrogen) atoms. The molecule has 0 aliphatic rings. The molecule has 208 valence electrons. The lowest BCUT2D eigenvalue weighted by Gasteiger charge is -2.12. The smallest absolute Gasteiger partial charge is 0.282 e. The van der Waals surface area contributed by atoms with Crippen LogP contribution in [-0.2, 0) is 54.2 Å². The van der Waals surface area contributed by atoms with E-state index >= 15 is 0 Å². The van der Waals surface area contributed by atoms with Crippen molar-refractivity contribution in [3.8, 4) is 0 Å². The molecule has 0 amide bonds. The van der Waals surface area contributed by atoms with Gasteiger partial charge in [0.1, 0.15) is 14.7 Å². The van der Waals surface area contributed by atoms with E-state index in [0.29, 0.717) is 24.3 Å². The third-order valence-electron chi connectivity index (χ3n) is 5.29. The van der Waals surface area contributed by atoms with Crippen LogP contribution in [0.4, 0.5) is 0 Å². The number of hydrogen-bond acceptors (Lipinski definition) is 11. The molecule has 0 radical (unpaired) electrons. The molecule has 0 saturated carbocycles. The predicted molar refractivity (Wildman–Crippen MR) is 133 cm³/mol. The fourth-order valence-corrected chi connectivity index (χ4v) is 8.51. The van der Waals surface area contributed by atoms with Gasteiger partial charge in [0.05, 0.1) is 9.79 Å². The lowest BCUT2D eigenvalue weighted by Crippen LogP contribution is -2.15. The first-order valence-electron chi connectivity index (χ1n) is 9.95. The van der Waals surface area contributed by atoms with E-state index in [2.05, 4.69) is 3.63 Å². The Morgan fingerprint density at radius 1 is 0.462 bits per heavy atom. The summed E-state index contributed by atoms with van der Waals surface area (Å²) in [5, 5.41) is -1.40. The summed E-state index contributed by atoms with van der Waals surface area (Å²) in [6.45, 7) is 0. The highest BCUT2D eigenvalue weighted by molar-refractivity contribution is 8.00. The van der Waals surface area contributed by atoms with Gasteiger partial charge in [0.15, 0.2) is 0 Å². The summed E-state index contributed by atoms with van der Waals surface area (Å²) in [7, 11) is -25.4. The average molecular weight is 639 g/mol. The van der Waals surface area contributed by atoms with E-state index in [4.69, 9.17) is 0 Å². The molecule has 4 aromatic rings. The normalized spacial score (nSPS) is 13.6. The zero-order valence-corrected chi connectivity index (χ0v) is 22.8. The molecule has 0 heterocycles. The standard InChI is InChI=1S/C20H14O14S5/c21-35(22,23)14-10-12-9-13(7-8-15(12)20(11-14)37(27,28)29)38(30,31)34-39(32,33)19-6-2-3-16-17(19)4-1-5-18(16)36(24,25)26/h1-11H,(H,21,22,23)(H,24,25,26)(H,27,28,29). The SMILES string of the molecule is O=S(=O)(O)c1cc(S(=O)(=O)O)c2ccc(S(=O)(=O)OS(=O)(=O)c3cccc4c(S(=O)(=O)O)cccc34)cc2c1. The topological polar surface area (TPSA) is 241 Å². The highest BCUT2D eigenvalue weighted by atomic mass is 32.3. The maximum absolute atomic E-state index is 13.0. The Morgan fingerprint density at radius 3 is 1.51 bits per heavy atom. The van der Waals surface area contributed by atoms with Gasteiger partial charge in [0, 0.05) is 16.2 Å². The first-order valence-corrected chi connectivity index (χ1v) is 17.1. The molecule has 0 aliphatic carbocycles. The van der Waals surface area contributed by atoms with Gasteiger partial charge in [0.2, 0.25) is 0 Å². The van der Waals surface area contributed by atoms with Crippen molar-refractivity contribution in [2.24, 2.45) is 0 Å². The van der Waals surface area contributed by atoms with Gasteiger partial charge < -0.3 is 0 Å². The molecule has 0 fully saturated rings. The third-order valence-corrected chi connectivity index (χ3v) is 11.1. The van der Waals surface area contributed by atoms with E-state index in [0.717, 1.165) is 42.5 Å². The Balaban J connectivity index is 1.88. The first-order chi connectivity index (χ1) is 17.7. The Hall–Kier alpha value is -3.01. The molecule has 14 nitrogen and oxygen atoms in total. The minimum absolute atomic E-state index is 0.261. The van der Waals surface area contributed by atoms with E-state index in [1.54, 1.807) is 0 Å². The molecule has 0 aliphatic heterocycles. The molecular weight excluding hydrogens is 625 g/mol. The van der Waals surface area contributed by atoms with Crippen molar-refractivity contribution in [2.45, 2.75) is 24.5 Å². The molecule has 0 spiro atoms.